The zero-order valence-corrected chi connectivity index (χ0v) is 13.9. The minimum Gasteiger partial charge on any atom is -0.481 e. The van der Waals surface area contributed by atoms with E-state index in [0.717, 1.165) is 38.5 Å². The first kappa shape index (κ1) is 20.7. The second kappa shape index (κ2) is 16.1. The molecule has 0 spiro atoms. The number of unbranched alkanes of at least 4 members (excludes halogenated alkanes) is 7. The summed E-state index contributed by atoms with van der Waals surface area (Å²) in [7, 11) is 0. The van der Waals surface area contributed by atoms with E-state index in [0.29, 0.717) is 6.42 Å². The number of carboxylic acid groups (broad SMARTS) is 1. The number of carboxylic acids is 1. The normalized spacial score (nSPS) is 13.0. The molecule has 4 nitrogen and oxygen atoms in total. The molecule has 0 rings (SSSR count). The largest absolute Gasteiger partial charge is 0.481 e. The van der Waals surface area contributed by atoms with Gasteiger partial charge in [-0.15, -0.1) is 0 Å². The van der Waals surface area contributed by atoms with Crippen LogP contribution >= 0.6 is 0 Å². The van der Waals surface area contributed by atoms with Crippen molar-refractivity contribution in [2.24, 2.45) is 0 Å². The highest BCUT2D eigenvalue weighted by Gasteiger charge is 2.02. The van der Waals surface area contributed by atoms with Crippen molar-refractivity contribution in [3.8, 4) is 0 Å². The smallest absolute Gasteiger partial charge is 0.303 e. The Kier molecular flexibility index (Phi) is 15.1. The van der Waals surface area contributed by atoms with Crippen LogP contribution in [-0.2, 0) is 9.53 Å². The highest BCUT2D eigenvalue weighted by molar-refractivity contribution is 5.66. The van der Waals surface area contributed by atoms with Crippen molar-refractivity contribution in [1.82, 2.24) is 0 Å². The molecule has 0 aromatic rings. The highest BCUT2D eigenvalue weighted by Crippen LogP contribution is 2.09. The Hall–Kier alpha value is -1.29. The Morgan fingerprint density at radius 1 is 1.05 bits per heavy atom. The number of carbonyl (C=O) groups is 1. The molecule has 0 aromatic heterocycles. The van der Waals surface area contributed by atoms with Gasteiger partial charge in [0.25, 0.3) is 0 Å². The van der Waals surface area contributed by atoms with Gasteiger partial charge in [0.1, 0.15) is 0 Å². The van der Waals surface area contributed by atoms with E-state index in [9.17, 15) is 9.90 Å². The maximum atomic E-state index is 10.3. The van der Waals surface area contributed by atoms with Crippen molar-refractivity contribution in [2.75, 3.05) is 0 Å². The maximum Gasteiger partial charge on any atom is 0.303 e. The average molecular weight is 312 g/mol. The number of aliphatic carboxylic acids is 1. The topological polar surface area (TPSA) is 66.8 Å². The quantitative estimate of drug-likeness (QED) is 0.197. The van der Waals surface area contributed by atoms with E-state index < -0.39 is 12.3 Å². The molecule has 0 aliphatic rings. The van der Waals surface area contributed by atoms with Crippen LogP contribution in [0.3, 0.4) is 0 Å². The Morgan fingerprint density at radius 2 is 1.77 bits per heavy atom. The first-order valence-electron chi connectivity index (χ1n) is 8.53. The van der Waals surface area contributed by atoms with Crippen LogP contribution in [0.5, 0.6) is 0 Å². The summed E-state index contributed by atoms with van der Waals surface area (Å²) in [5.41, 5.74) is 0. The monoisotopic (exact) mass is 312 g/mol. The number of allylic oxidation sites excluding steroid dienone is 3. The molecular weight excluding hydrogens is 280 g/mol. The molecule has 0 amide bonds. The van der Waals surface area contributed by atoms with E-state index in [1.807, 2.05) is 6.08 Å². The predicted octanol–water partition coefficient (Wildman–Crippen LogP) is 4.79. The molecule has 0 saturated carbocycles. The molecule has 1 atom stereocenters. The molecule has 0 heterocycles. The summed E-state index contributed by atoms with van der Waals surface area (Å²) in [4.78, 5) is 10.3. The zero-order valence-electron chi connectivity index (χ0n) is 13.9. The zero-order chi connectivity index (χ0) is 16.5. The number of ether oxygens (including phenoxy) is 1. The Morgan fingerprint density at radius 3 is 2.50 bits per heavy atom. The Balaban J connectivity index is 3.38. The minimum absolute atomic E-state index is 0.252. The van der Waals surface area contributed by atoms with Gasteiger partial charge in [-0.05, 0) is 31.8 Å². The third-order valence-electron chi connectivity index (χ3n) is 3.38. The van der Waals surface area contributed by atoms with E-state index in [4.69, 9.17) is 9.84 Å². The van der Waals surface area contributed by atoms with Gasteiger partial charge in [-0.25, -0.2) is 0 Å². The van der Waals surface area contributed by atoms with Gasteiger partial charge in [-0.1, -0.05) is 51.2 Å². The maximum absolute atomic E-state index is 10.3. The summed E-state index contributed by atoms with van der Waals surface area (Å²) in [5.74, 6) is -0.727. The molecule has 2 N–H and O–H groups in total. The lowest BCUT2D eigenvalue weighted by molar-refractivity contribution is -0.137. The summed E-state index contributed by atoms with van der Waals surface area (Å²) >= 11 is 0. The lowest BCUT2D eigenvalue weighted by Crippen LogP contribution is -2.07. The van der Waals surface area contributed by atoms with E-state index >= 15 is 0 Å². The van der Waals surface area contributed by atoms with Gasteiger partial charge >= 0.3 is 5.97 Å². The fourth-order valence-electron chi connectivity index (χ4n) is 2.06. The second-order valence-corrected chi connectivity index (χ2v) is 5.54. The van der Waals surface area contributed by atoms with Crippen molar-refractivity contribution < 1.29 is 19.7 Å². The van der Waals surface area contributed by atoms with E-state index in [-0.39, 0.29) is 6.42 Å². The van der Waals surface area contributed by atoms with Crippen LogP contribution < -0.4 is 0 Å². The third-order valence-corrected chi connectivity index (χ3v) is 3.38. The van der Waals surface area contributed by atoms with Gasteiger partial charge in [-0.2, -0.15) is 0 Å². The summed E-state index contributed by atoms with van der Waals surface area (Å²) in [5, 5.41) is 18.1. The second-order valence-electron chi connectivity index (χ2n) is 5.54. The van der Waals surface area contributed by atoms with Crippen molar-refractivity contribution in [3.63, 3.8) is 0 Å². The highest BCUT2D eigenvalue weighted by atomic mass is 16.6. The summed E-state index contributed by atoms with van der Waals surface area (Å²) in [6, 6.07) is 0. The van der Waals surface area contributed by atoms with Crippen molar-refractivity contribution in [1.29, 1.82) is 0 Å². The number of hydrogen-bond acceptors (Lipinski definition) is 3. The lowest BCUT2D eigenvalue weighted by atomic mass is 10.1. The molecule has 1 unspecified atom stereocenters. The lowest BCUT2D eigenvalue weighted by Gasteiger charge is -2.09. The van der Waals surface area contributed by atoms with Crippen molar-refractivity contribution >= 4 is 5.97 Å². The van der Waals surface area contributed by atoms with Crippen LogP contribution in [-0.4, -0.2) is 22.5 Å². The van der Waals surface area contributed by atoms with Gasteiger partial charge in [0.2, 0.25) is 0 Å². The molecule has 128 valence electrons. The SMILES string of the molecule is CCCCC/C=C\C=C\OC(O)CCCCCCCC(=O)O. The van der Waals surface area contributed by atoms with Crippen LogP contribution in [0.25, 0.3) is 0 Å². The third kappa shape index (κ3) is 16.8. The summed E-state index contributed by atoms with van der Waals surface area (Å²) in [6.45, 7) is 2.19. The molecule has 22 heavy (non-hydrogen) atoms. The molecule has 0 saturated heterocycles. The standard InChI is InChI=1S/C18H32O4/c1-2-3-4-5-6-10-13-16-22-18(21)15-12-9-7-8-11-14-17(19)20/h6,10,13,16,18,21H,2-5,7-9,11-12,14-15H2,1H3,(H,19,20)/b10-6-,16-13+. The molecule has 0 aliphatic carbocycles. The van der Waals surface area contributed by atoms with Gasteiger partial charge in [0.05, 0.1) is 6.26 Å². The summed E-state index contributed by atoms with van der Waals surface area (Å²) < 4.78 is 5.17. The molecule has 4 heteroatoms. The van der Waals surface area contributed by atoms with Crippen LogP contribution in [0, 0.1) is 0 Å². The minimum atomic E-state index is -0.747. The van der Waals surface area contributed by atoms with Crippen LogP contribution in [0.2, 0.25) is 0 Å². The van der Waals surface area contributed by atoms with Crippen LogP contribution in [0.15, 0.2) is 24.5 Å². The number of aliphatic hydroxyl groups is 1. The molecule has 0 fully saturated rings. The first-order chi connectivity index (χ1) is 10.7. The predicted molar refractivity (Wildman–Crippen MR) is 89.5 cm³/mol. The fourth-order valence-corrected chi connectivity index (χ4v) is 2.06. The molecule has 0 bridgehead atoms. The molecule has 0 aromatic carbocycles. The summed E-state index contributed by atoms with van der Waals surface area (Å²) in [6.07, 6.45) is 16.9. The number of rotatable bonds is 15. The Bertz CT molecular complexity index is 310. The van der Waals surface area contributed by atoms with E-state index in [1.54, 1.807) is 6.08 Å². The van der Waals surface area contributed by atoms with Crippen molar-refractivity contribution in [3.05, 3.63) is 24.5 Å². The van der Waals surface area contributed by atoms with Crippen LogP contribution in [0.4, 0.5) is 0 Å². The van der Waals surface area contributed by atoms with Gasteiger partial charge in [-0.3, -0.25) is 4.79 Å². The number of hydrogen-bond donors (Lipinski definition) is 2. The van der Waals surface area contributed by atoms with Crippen molar-refractivity contribution in [2.45, 2.75) is 83.8 Å². The van der Waals surface area contributed by atoms with Crippen LogP contribution in [0.1, 0.15) is 77.6 Å². The Labute approximate surface area is 134 Å². The first-order valence-corrected chi connectivity index (χ1v) is 8.53. The van der Waals surface area contributed by atoms with E-state index in [2.05, 4.69) is 13.0 Å². The molecule has 0 radical (unpaired) electrons. The van der Waals surface area contributed by atoms with Gasteiger partial charge in [0, 0.05) is 12.8 Å². The molecule has 0 aliphatic heterocycles. The van der Waals surface area contributed by atoms with Gasteiger partial charge in [0.15, 0.2) is 6.29 Å². The number of aliphatic hydroxyl groups excluding tert-OH is 1. The average Bonchev–Trinajstić information content (AvgIpc) is 2.48. The fraction of sp³-hybridized carbons (Fsp3) is 0.722. The molecular formula is C18H32O4. The van der Waals surface area contributed by atoms with E-state index in [1.165, 1.54) is 25.5 Å². The van der Waals surface area contributed by atoms with Gasteiger partial charge < -0.3 is 14.9 Å².